The van der Waals surface area contributed by atoms with E-state index in [1.54, 1.807) is 35.2 Å². The first kappa shape index (κ1) is 16.6. The lowest BCUT2D eigenvalue weighted by atomic mass is 9.94. The minimum absolute atomic E-state index is 0.0712. The minimum atomic E-state index is -0.709. The number of amides is 1. The average Bonchev–Trinajstić information content (AvgIpc) is 2.61. The number of hydrogen-bond acceptors (Lipinski definition) is 3. The molecule has 1 aliphatic heterocycles. The first-order valence-corrected chi connectivity index (χ1v) is 8.02. The fraction of sp³-hybridized carbons (Fsp3) is 0.316. The Morgan fingerprint density at radius 3 is 2.54 bits per heavy atom. The quantitative estimate of drug-likeness (QED) is 0.908. The van der Waals surface area contributed by atoms with Crippen molar-refractivity contribution in [1.29, 1.82) is 0 Å². The molecule has 0 aromatic heterocycles. The Balaban J connectivity index is 1.80. The van der Waals surface area contributed by atoms with Crippen LogP contribution in [0.3, 0.4) is 0 Å². The molecule has 0 aliphatic carbocycles. The lowest BCUT2D eigenvalue weighted by Gasteiger charge is -2.35. The van der Waals surface area contributed by atoms with Gasteiger partial charge in [-0.2, -0.15) is 0 Å². The molecule has 1 amide bonds. The van der Waals surface area contributed by atoms with E-state index in [0.717, 1.165) is 5.56 Å². The van der Waals surface area contributed by atoms with Crippen LogP contribution in [0, 0.1) is 11.7 Å². The van der Waals surface area contributed by atoms with Crippen LogP contribution < -0.4 is 0 Å². The van der Waals surface area contributed by atoms with Crippen molar-refractivity contribution in [2.75, 3.05) is 19.7 Å². The zero-order valence-corrected chi connectivity index (χ0v) is 13.2. The predicted molar refractivity (Wildman–Crippen MR) is 88.9 cm³/mol. The summed E-state index contributed by atoms with van der Waals surface area (Å²) in [7, 11) is 0. The summed E-state index contributed by atoms with van der Waals surface area (Å²) in [5.74, 6) is -0.658. The Hall–Kier alpha value is -2.24. The van der Waals surface area contributed by atoms with Crippen LogP contribution in [0.2, 0.25) is 0 Å². The molecule has 1 heterocycles. The molecule has 0 bridgehead atoms. The van der Waals surface area contributed by atoms with Crippen LogP contribution in [0.15, 0.2) is 48.5 Å². The van der Waals surface area contributed by atoms with Gasteiger partial charge in [-0.15, -0.1) is 0 Å². The number of aliphatic hydroxyl groups is 2. The van der Waals surface area contributed by atoms with E-state index in [-0.39, 0.29) is 30.8 Å². The number of likely N-dealkylation sites (tertiary alicyclic amines) is 1. The zero-order valence-electron chi connectivity index (χ0n) is 13.2. The van der Waals surface area contributed by atoms with E-state index in [9.17, 15) is 19.4 Å². The van der Waals surface area contributed by atoms with Crippen LogP contribution in [0.1, 0.15) is 16.8 Å². The third-order valence-corrected chi connectivity index (χ3v) is 4.51. The molecule has 0 radical (unpaired) electrons. The summed E-state index contributed by atoms with van der Waals surface area (Å²) in [6.07, 6.45) is -0.133. The molecule has 2 atom stereocenters. The monoisotopic (exact) mass is 329 g/mol. The van der Waals surface area contributed by atoms with Crippen LogP contribution in [-0.4, -0.2) is 46.8 Å². The van der Waals surface area contributed by atoms with Crippen molar-refractivity contribution in [2.45, 2.75) is 12.5 Å². The Labute approximate surface area is 140 Å². The maximum atomic E-state index is 13.4. The first-order valence-electron chi connectivity index (χ1n) is 8.02. The van der Waals surface area contributed by atoms with Gasteiger partial charge in [-0.1, -0.05) is 24.3 Å². The second-order valence-electron chi connectivity index (χ2n) is 6.14. The molecule has 126 valence electrons. The van der Waals surface area contributed by atoms with Crippen molar-refractivity contribution < 1.29 is 19.4 Å². The van der Waals surface area contributed by atoms with Crippen molar-refractivity contribution in [3.63, 3.8) is 0 Å². The number of benzene rings is 2. The molecule has 5 heteroatoms. The highest BCUT2D eigenvalue weighted by Crippen LogP contribution is 2.24. The predicted octanol–water partition coefficient (Wildman–Crippen LogP) is 2.31. The van der Waals surface area contributed by atoms with Gasteiger partial charge in [0.15, 0.2) is 0 Å². The lowest BCUT2D eigenvalue weighted by molar-refractivity contribution is 0.000879. The summed E-state index contributed by atoms with van der Waals surface area (Å²) in [4.78, 5) is 14.3. The molecular formula is C19H20FNO3. The van der Waals surface area contributed by atoms with E-state index in [4.69, 9.17) is 0 Å². The molecule has 1 fully saturated rings. The highest BCUT2D eigenvalue weighted by atomic mass is 19.1. The number of hydrogen-bond donors (Lipinski definition) is 2. The Morgan fingerprint density at radius 2 is 1.88 bits per heavy atom. The second-order valence-corrected chi connectivity index (χ2v) is 6.14. The maximum absolute atomic E-state index is 13.4. The third kappa shape index (κ3) is 3.47. The fourth-order valence-electron chi connectivity index (χ4n) is 3.06. The largest absolute Gasteiger partial charge is 0.396 e. The Morgan fingerprint density at radius 1 is 1.17 bits per heavy atom. The van der Waals surface area contributed by atoms with E-state index in [1.807, 2.05) is 6.07 Å². The molecule has 1 aliphatic rings. The maximum Gasteiger partial charge on any atom is 0.253 e. The van der Waals surface area contributed by atoms with Gasteiger partial charge in [0.05, 0.1) is 6.10 Å². The highest BCUT2D eigenvalue weighted by Gasteiger charge is 2.30. The van der Waals surface area contributed by atoms with Crippen LogP contribution >= 0.6 is 0 Å². The van der Waals surface area contributed by atoms with Crippen molar-refractivity contribution in [3.05, 3.63) is 59.9 Å². The SMILES string of the molecule is O=C(c1cccc(-c2cccc(F)c2)c1)N1CC[C@H](CO)[C@@H](O)C1. The molecule has 0 saturated carbocycles. The molecule has 24 heavy (non-hydrogen) atoms. The van der Waals surface area contributed by atoms with Gasteiger partial charge in [-0.3, -0.25) is 4.79 Å². The smallest absolute Gasteiger partial charge is 0.253 e. The summed E-state index contributed by atoms with van der Waals surface area (Å²) >= 11 is 0. The summed E-state index contributed by atoms with van der Waals surface area (Å²) < 4.78 is 13.4. The normalized spacial score (nSPS) is 20.9. The van der Waals surface area contributed by atoms with Gasteiger partial charge in [0, 0.05) is 31.2 Å². The van der Waals surface area contributed by atoms with Crippen molar-refractivity contribution in [2.24, 2.45) is 5.92 Å². The Bertz CT molecular complexity index is 734. The molecule has 0 spiro atoms. The molecule has 0 unspecified atom stereocenters. The van der Waals surface area contributed by atoms with E-state index in [1.165, 1.54) is 12.1 Å². The van der Waals surface area contributed by atoms with Gasteiger partial charge < -0.3 is 15.1 Å². The van der Waals surface area contributed by atoms with Crippen LogP contribution in [0.25, 0.3) is 11.1 Å². The second kappa shape index (κ2) is 7.11. The molecule has 2 aromatic rings. The average molecular weight is 329 g/mol. The zero-order chi connectivity index (χ0) is 17.1. The highest BCUT2D eigenvalue weighted by molar-refractivity contribution is 5.95. The molecule has 2 aromatic carbocycles. The standard InChI is InChI=1S/C19H20FNO3/c20-17-6-2-4-14(10-17)13-3-1-5-15(9-13)19(24)21-8-7-16(12-22)18(23)11-21/h1-6,9-10,16,18,22-23H,7-8,11-12H2/t16-,18+/m1/s1. The van der Waals surface area contributed by atoms with E-state index >= 15 is 0 Å². The lowest BCUT2D eigenvalue weighted by Crippen LogP contribution is -2.47. The van der Waals surface area contributed by atoms with Gasteiger partial charge in [0.2, 0.25) is 0 Å². The minimum Gasteiger partial charge on any atom is -0.396 e. The van der Waals surface area contributed by atoms with Crippen molar-refractivity contribution in [3.8, 4) is 11.1 Å². The van der Waals surface area contributed by atoms with Crippen LogP contribution in [0.5, 0.6) is 0 Å². The summed E-state index contributed by atoms with van der Waals surface area (Å²) in [6, 6.07) is 13.3. The summed E-state index contributed by atoms with van der Waals surface area (Å²) in [6.45, 7) is 0.651. The molecule has 1 saturated heterocycles. The number of piperidine rings is 1. The van der Waals surface area contributed by atoms with E-state index < -0.39 is 6.10 Å². The van der Waals surface area contributed by atoms with Gasteiger partial charge in [0.25, 0.3) is 5.91 Å². The van der Waals surface area contributed by atoms with Crippen molar-refractivity contribution >= 4 is 5.91 Å². The van der Waals surface area contributed by atoms with Gasteiger partial charge in [0.1, 0.15) is 5.82 Å². The van der Waals surface area contributed by atoms with E-state index in [0.29, 0.717) is 24.1 Å². The molecule has 3 rings (SSSR count). The van der Waals surface area contributed by atoms with Gasteiger partial charge >= 0.3 is 0 Å². The number of carbonyl (C=O) groups is 1. The molecule has 2 N–H and O–H groups in total. The Kier molecular flexibility index (Phi) is 4.92. The van der Waals surface area contributed by atoms with Crippen LogP contribution in [-0.2, 0) is 0 Å². The molecule has 4 nitrogen and oxygen atoms in total. The van der Waals surface area contributed by atoms with Crippen molar-refractivity contribution in [1.82, 2.24) is 4.90 Å². The topological polar surface area (TPSA) is 60.8 Å². The number of nitrogens with zero attached hydrogens (tertiary/aromatic N) is 1. The summed E-state index contributed by atoms with van der Waals surface area (Å²) in [5.41, 5.74) is 1.99. The molecular weight excluding hydrogens is 309 g/mol. The van der Waals surface area contributed by atoms with E-state index in [2.05, 4.69) is 0 Å². The number of carbonyl (C=O) groups excluding carboxylic acids is 1. The number of rotatable bonds is 3. The number of aliphatic hydroxyl groups excluding tert-OH is 2. The van der Waals surface area contributed by atoms with Gasteiger partial charge in [-0.05, 0) is 41.8 Å². The fourth-order valence-corrected chi connectivity index (χ4v) is 3.06. The first-order chi connectivity index (χ1) is 11.6. The summed E-state index contributed by atoms with van der Waals surface area (Å²) in [5, 5.41) is 19.2. The number of halogens is 1. The van der Waals surface area contributed by atoms with Gasteiger partial charge in [-0.25, -0.2) is 4.39 Å². The van der Waals surface area contributed by atoms with Crippen LogP contribution in [0.4, 0.5) is 4.39 Å². The third-order valence-electron chi connectivity index (χ3n) is 4.51. The number of β-amino-alcohol motifs (C(OH)–C–C–N with tert-alkyl or cyclic N) is 1.